The van der Waals surface area contributed by atoms with Crippen molar-refractivity contribution in [1.82, 2.24) is 14.9 Å². The molecule has 29 heavy (non-hydrogen) atoms. The maximum atomic E-state index is 13.2. The molecule has 154 valence electrons. The van der Waals surface area contributed by atoms with Gasteiger partial charge in [0.15, 0.2) is 5.16 Å². The van der Waals surface area contributed by atoms with Gasteiger partial charge < -0.3 is 5.32 Å². The van der Waals surface area contributed by atoms with Crippen molar-refractivity contribution in [2.24, 2.45) is 0 Å². The summed E-state index contributed by atoms with van der Waals surface area (Å²) < 4.78 is 1.73. The largest absolute Gasteiger partial charge is 0.355 e. The number of benzene rings is 1. The van der Waals surface area contributed by atoms with Crippen LogP contribution in [-0.2, 0) is 24.2 Å². The van der Waals surface area contributed by atoms with Crippen LogP contribution in [-0.4, -0.2) is 27.3 Å². The zero-order valence-electron chi connectivity index (χ0n) is 17.1. The number of thiophene rings is 1. The lowest BCUT2D eigenvalue weighted by Crippen LogP contribution is -2.32. The summed E-state index contributed by atoms with van der Waals surface area (Å²) in [6.07, 6.45) is 2.51. The van der Waals surface area contributed by atoms with Crippen LogP contribution in [0.2, 0.25) is 0 Å². The van der Waals surface area contributed by atoms with Crippen molar-refractivity contribution in [3.05, 3.63) is 57.2 Å². The van der Waals surface area contributed by atoms with Gasteiger partial charge in [-0.1, -0.05) is 55.9 Å². The second-order valence-electron chi connectivity index (χ2n) is 6.92. The number of aromatic nitrogens is 2. The van der Waals surface area contributed by atoms with Gasteiger partial charge >= 0.3 is 0 Å². The number of carbonyl (C=O) groups excluding carboxylic acids is 1. The van der Waals surface area contributed by atoms with E-state index in [-0.39, 0.29) is 16.7 Å². The molecule has 1 aromatic carbocycles. The molecular formula is C22H27N3O2S2. The molecule has 0 spiro atoms. The normalized spacial score (nSPS) is 12.2. The third-order valence-corrected chi connectivity index (χ3v) is 6.95. The summed E-state index contributed by atoms with van der Waals surface area (Å²) in [4.78, 5) is 32.3. The van der Waals surface area contributed by atoms with Gasteiger partial charge in [-0.15, -0.1) is 11.3 Å². The van der Waals surface area contributed by atoms with E-state index in [4.69, 9.17) is 4.98 Å². The van der Waals surface area contributed by atoms with Gasteiger partial charge in [0.1, 0.15) is 4.83 Å². The summed E-state index contributed by atoms with van der Waals surface area (Å²) in [6.45, 7) is 7.15. The van der Waals surface area contributed by atoms with Crippen LogP contribution in [0, 0.1) is 0 Å². The number of carbonyl (C=O) groups is 1. The van der Waals surface area contributed by atoms with Crippen LogP contribution in [0.4, 0.5) is 0 Å². The van der Waals surface area contributed by atoms with E-state index < -0.39 is 0 Å². The Morgan fingerprint density at radius 1 is 1.28 bits per heavy atom. The fraction of sp³-hybridized carbons (Fsp3) is 0.409. The van der Waals surface area contributed by atoms with Crippen molar-refractivity contribution in [3.8, 4) is 0 Å². The van der Waals surface area contributed by atoms with Crippen molar-refractivity contribution in [2.75, 3.05) is 6.54 Å². The van der Waals surface area contributed by atoms with Crippen LogP contribution in [0.1, 0.15) is 37.6 Å². The maximum Gasteiger partial charge on any atom is 0.262 e. The molecule has 1 N–H and O–H groups in total. The van der Waals surface area contributed by atoms with E-state index in [9.17, 15) is 9.59 Å². The average molecular weight is 430 g/mol. The van der Waals surface area contributed by atoms with E-state index in [1.165, 1.54) is 17.3 Å². The first-order valence-electron chi connectivity index (χ1n) is 10.0. The van der Waals surface area contributed by atoms with E-state index in [1.807, 2.05) is 38.1 Å². The molecule has 0 aliphatic heterocycles. The van der Waals surface area contributed by atoms with Gasteiger partial charge in [0, 0.05) is 18.0 Å². The summed E-state index contributed by atoms with van der Waals surface area (Å²) in [6, 6.07) is 12.1. The summed E-state index contributed by atoms with van der Waals surface area (Å²) in [5.74, 6) is -0.0266. The Balaban J connectivity index is 1.94. The van der Waals surface area contributed by atoms with Crippen LogP contribution >= 0.6 is 23.1 Å². The second kappa shape index (κ2) is 10.1. The Bertz CT molecular complexity index is 1030. The molecule has 0 bridgehead atoms. The minimum atomic E-state index is -0.320. The SMILES string of the molecule is CCCNC(=O)C(C)Sc1nc2sc(CC)cc2c(=O)n1CCc1ccccc1. The molecule has 1 amide bonds. The molecule has 1 unspecified atom stereocenters. The summed E-state index contributed by atoms with van der Waals surface area (Å²) in [7, 11) is 0. The maximum absolute atomic E-state index is 13.2. The van der Waals surface area contributed by atoms with Crippen LogP contribution in [0.3, 0.4) is 0 Å². The van der Waals surface area contributed by atoms with Crippen molar-refractivity contribution >= 4 is 39.2 Å². The van der Waals surface area contributed by atoms with Crippen LogP contribution in [0.25, 0.3) is 10.2 Å². The number of rotatable bonds is 9. The van der Waals surface area contributed by atoms with E-state index in [0.29, 0.717) is 23.6 Å². The van der Waals surface area contributed by atoms with Crippen molar-refractivity contribution < 1.29 is 4.79 Å². The Morgan fingerprint density at radius 2 is 2.03 bits per heavy atom. The van der Waals surface area contributed by atoms with Gasteiger partial charge in [-0.25, -0.2) is 4.98 Å². The molecule has 5 nitrogen and oxygen atoms in total. The standard InChI is InChI=1S/C22H27N3O2S2/c1-4-12-23-19(26)15(3)28-22-24-20-18(14-17(5-2)29-20)21(27)25(22)13-11-16-9-7-6-8-10-16/h6-10,14-15H,4-5,11-13H2,1-3H3,(H,23,26). The number of hydrogen-bond donors (Lipinski definition) is 1. The van der Waals surface area contributed by atoms with Gasteiger partial charge in [0.2, 0.25) is 5.91 Å². The number of amides is 1. The first-order valence-corrected chi connectivity index (χ1v) is 11.7. The highest BCUT2D eigenvalue weighted by Gasteiger charge is 2.20. The van der Waals surface area contributed by atoms with Crippen molar-refractivity contribution in [2.45, 2.75) is 57.0 Å². The summed E-state index contributed by atoms with van der Waals surface area (Å²) in [5, 5.41) is 3.89. The van der Waals surface area contributed by atoms with Crippen molar-refractivity contribution in [1.29, 1.82) is 0 Å². The van der Waals surface area contributed by atoms with E-state index >= 15 is 0 Å². The highest BCUT2D eigenvalue weighted by atomic mass is 32.2. The third-order valence-electron chi connectivity index (χ3n) is 4.68. The fourth-order valence-electron chi connectivity index (χ4n) is 3.00. The van der Waals surface area contributed by atoms with Gasteiger partial charge in [-0.2, -0.15) is 0 Å². The molecule has 7 heteroatoms. The second-order valence-corrected chi connectivity index (χ2v) is 9.35. The minimum Gasteiger partial charge on any atom is -0.355 e. The molecule has 2 heterocycles. The van der Waals surface area contributed by atoms with E-state index in [0.717, 1.165) is 29.0 Å². The predicted molar refractivity (Wildman–Crippen MR) is 122 cm³/mol. The Labute approximate surface area is 179 Å². The fourth-order valence-corrected chi connectivity index (χ4v) is 4.97. The van der Waals surface area contributed by atoms with Gasteiger partial charge in [-0.3, -0.25) is 14.2 Å². The Morgan fingerprint density at radius 3 is 2.72 bits per heavy atom. The first-order chi connectivity index (χ1) is 14.0. The van der Waals surface area contributed by atoms with E-state index in [1.54, 1.807) is 15.9 Å². The number of thioether (sulfide) groups is 1. The van der Waals surface area contributed by atoms with Gasteiger partial charge in [0.25, 0.3) is 5.56 Å². The first kappa shape index (κ1) is 21.6. The molecule has 0 saturated carbocycles. The molecule has 0 aliphatic rings. The summed E-state index contributed by atoms with van der Waals surface area (Å²) in [5.41, 5.74) is 1.15. The lowest BCUT2D eigenvalue weighted by molar-refractivity contribution is -0.120. The zero-order valence-corrected chi connectivity index (χ0v) is 18.7. The molecular weight excluding hydrogens is 402 g/mol. The number of fused-ring (bicyclic) bond motifs is 1. The minimum absolute atomic E-state index is 0.0226. The van der Waals surface area contributed by atoms with Crippen LogP contribution < -0.4 is 10.9 Å². The molecule has 0 aliphatic carbocycles. The molecule has 0 saturated heterocycles. The predicted octanol–water partition coefficient (Wildman–Crippen LogP) is 4.27. The van der Waals surface area contributed by atoms with Gasteiger partial charge in [-0.05, 0) is 37.8 Å². The van der Waals surface area contributed by atoms with Crippen LogP contribution in [0.15, 0.2) is 46.3 Å². The topological polar surface area (TPSA) is 64.0 Å². The number of aryl methyl sites for hydroxylation is 2. The van der Waals surface area contributed by atoms with E-state index in [2.05, 4.69) is 24.4 Å². The number of nitrogens with zero attached hydrogens (tertiary/aromatic N) is 2. The number of hydrogen-bond acceptors (Lipinski definition) is 5. The van der Waals surface area contributed by atoms with Gasteiger partial charge in [0.05, 0.1) is 10.6 Å². The quantitative estimate of drug-likeness (QED) is 0.408. The Kier molecular flexibility index (Phi) is 7.50. The third kappa shape index (κ3) is 5.28. The molecule has 3 aromatic rings. The zero-order chi connectivity index (χ0) is 20.8. The lowest BCUT2D eigenvalue weighted by atomic mass is 10.1. The smallest absolute Gasteiger partial charge is 0.262 e. The Hall–Kier alpha value is -2.12. The summed E-state index contributed by atoms with van der Waals surface area (Å²) >= 11 is 2.92. The monoisotopic (exact) mass is 429 g/mol. The molecule has 0 radical (unpaired) electrons. The molecule has 3 rings (SSSR count). The molecule has 0 fully saturated rings. The molecule has 2 aromatic heterocycles. The van der Waals surface area contributed by atoms with Crippen molar-refractivity contribution in [3.63, 3.8) is 0 Å². The highest BCUT2D eigenvalue weighted by Crippen LogP contribution is 2.27. The lowest BCUT2D eigenvalue weighted by Gasteiger charge is -2.15. The highest BCUT2D eigenvalue weighted by molar-refractivity contribution is 8.00. The van der Waals surface area contributed by atoms with Crippen LogP contribution in [0.5, 0.6) is 0 Å². The number of nitrogens with one attached hydrogen (secondary N) is 1. The molecule has 1 atom stereocenters. The average Bonchev–Trinajstić information content (AvgIpc) is 3.16.